The number of aliphatic hydroxyl groups is 7. The van der Waals surface area contributed by atoms with Crippen molar-refractivity contribution >= 4 is 5.91 Å². The van der Waals surface area contributed by atoms with Crippen molar-refractivity contribution in [1.82, 2.24) is 5.32 Å². The minimum atomic E-state index is -1.67. The number of carbonyl (C=O) groups is 1. The van der Waals surface area contributed by atoms with Crippen LogP contribution in [0.5, 0.6) is 0 Å². The third kappa shape index (κ3) is 44.5. The molecule has 0 saturated carbocycles. The van der Waals surface area contributed by atoms with Gasteiger partial charge in [0.15, 0.2) is 6.29 Å². The largest absolute Gasteiger partial charge is 0.394 e. The lowest BCUT2D eigenvalue weighted by atomic mass is 9.98. The molecule has 1 amide bonds. The Labute approximate surface area is 486 Å². The lowest BCUT2D eigenvalue weighted by molar-refractivity contribution is -0.303. The molecule has 8 N–H and O–H groups in total. The van der Waals surface area contributed by atoms with Crippen molar-refractivity contribution in [2.75, 3.05) is 13.2 Å². The summed E-state index contributed by atoms with van der Waals surface area (Å²) in [5, 5.41) is 76.1. The van der Waals surface area contributed by atoms with Crippen molar-refractivity contribution in [3.63, 3.8) is 0 Å². The topological polar surface area (TPSA) is 189 Å². The highest BCUT2D eigenvalue weighted by molar-refractivity contribution is 5.80. The summed E-state index contributed by atoms with van der Waals surface area (Å²) in [6.07, 6.45) is 61.2. The van der Waals surface area contributed by atoms with E-state index < -0.39 is 74.2 Å². The van der Waals surface area contributed by atoms with Gasteiger partial charge in [-0.05, 0) is 77.0 Å². The van der Waals surface area contributed by atoms with E-state index in [-0.39, 0.29) is 12.8 Å². The minimum Gasteiger partial charge on any atom is -0.394 e. The quantitative estimate of drug-likeness (QED) is 0.0215. The summed E-state index contributed by atoms with van der Waals surface area (Å²) in [6.45, 7) is 3.45. The molecule has 466 valence electrons. The van der Waals surface area contributed by atoms with Gasteiger partial charge in [0.1, 0.15) is 36.6 Å². The number of amides is 1. The summed E-state index contributed by atoms with van der Waals surface area (Å²) in [5.74, 6) is -0.707. The number of allylic oxidation sites excluding steroid dienone is 6. The Hall–Kier alpha value is -1.67. The molecule has 1 heterocycles. The molecule has 1 rings (SSSR count). The van der Waals surface area contributed by atoms with Gasteiger partial charge in [-0.1, -0.05) is 281 Å². The number of carbonyl (C=O) groups excluding carboxylic acids is 1. The highest BCUT2D eigenvalue weighted by Gasteiger charge is 2.44. The first-order chi connectivity index (χ1) is 38.7. The van der Waals surface area contributed by atoms with E-state index in [0.29, 0.717) is 19.3 Å². The van der Waals surface area contributed by atoms with Crippen LogP contribution in [0.1, 0.15) is 322 Å². The second-order valence-corrected chi connectivity index (χ2v) is 23.9. The van der Waals surface area contributed by atoms with Crippen LogP contribution in [0.3, 0.4) is 0 Å². The highest BCUT2D eigenvalue weighted by Crippen LogP contribution is 2.24. The van der Waals surface area contributed by atoms with Gasteiger partial charge in [-0.3, -0.25) is 4.79 Å². The van der Waals surface area contributed by atoms with E-state index >= 15 is 0 Å². The van der Waals surface area contributed by atoms with Gasteiger partial charge in [0, 0.05) is 0 Å². The zero-order valence-corrected chi connectivity index (χ0v) is 51.4. The molecule has 0 radical (unpaired) electrons. The second-order valence-electron chi connectivity index (χ2n) is 23.9. The second kappa shape index (κ2) is 56.8. The molecule has 11 heteroatoms. The molecule has 1 aliphatic heterocycles. The van der Waals surface area contributed by atoms with E-state index in [0.717, 1.165) is 38.5 Å². The molecule has 9 unspecified atom stereocenters. The van der Waals surface area contributed by atoms with Gasteiger partial charge >= 0.3 is 0 Å². The highest BCUT2D eigenvalue weighted by atomic mass is 16.7. The van der Waals surface area contributed by atoms with Crippen molar-refractivity contribution < 1.29 is 50.0 Å². The first kappa shape index (κ1) is 75.3. The summed E-state index contributed by atoms with van der Waals surface area (Å²) in [5.41, 5.74) is 0. The van der Waals surface area contributed by atoms with Crippen LogP contribution in [-0.4, -0.2) is 110 Å². The molecule has 0 aliphatic carbocycles. The standard InChI is InChI=1S/C68H129NO10/c1-3-5-7-9-11-13-15-17-19-20-21-22-23-24-25-26-27-28-29-30-31-32-33-34-35-36-37-38-39-40-41-42-44-46-48-50-52-54-56-61(72)67(77)69-59(58-78-68-66(76)65(75)64(74)62(57-70)79-68)63(73)60(71)55-53-51-49-47-45-43-18-16-14-12-10-8-6-4-2/h16,18,30-31,47,49,59-66,68,70-76H,3-15,17,19-29,32-46,48,50-58H2,1-2H3,(H,69,77)/b18-16+,31-30-,49-47+. The Morgan fingerprint density at radius 1 is 0.430 bits per heavy atom. The molecule has 9 atom stereocenters. The SMILES string of the molecule is CCCCCCC/C=C/CC/C=C/CCCC(O)C(O)C(COC1OC(CO)C(O)C(O)C1O)NC(=O)C(O)CCCCCCCCCCCCCCCCCC/C=C\CCCCCCCCCCCCCCCCCCCC. The smallest absolute Gasteiger partial charge is 0.249 e. The zero-order chi connectivity index (χ0) is 57.5. The number of aliphatic hydroxyl groups excluding tert-OH is 7. The Balaban J connectivity index is 2.12. The fourth-order valence-corrected chi connectivity index (χ4v) is 10.9. The zero-order valence-electron chi connectivity index (χ0n) is 51.4. The van der Waals surface area contributed by atoms with Crippen LogP contribution in [0.15, 0.2) is 36.5 Å². The van der Waals surface area contributed by atoms with Gasteiger partial charge in [0.25, 0.3) is 0 Å². The average Bonchev–Trinajstić information content (AvgIpc) is 3.46. The first-order valence-corrected chi connectivity index (χ1v) is 33.9. The summed E-state index contributed by atoms with van der Waals surface area (Å²) in [4.78, 5) is 13.2. The number of hydrogen-bond donors (Lipinski definition) is 8. The van der Waals surface area contributed by atoms with Crippen molar-refractivity contribution in [3.05, 3.63) is 36.5 Å². The summed E-state index contributed by atoms with van der Waals surface area (Å²) < 4.78 is 11.1. The lowest BCUT2D eigenvalue weighted by Gasteiger charge is -2.40. The van der Waals surface area contributed by atoms with Crippen LogP contribution in [-0.2, 0) is 14.3 Å². The summed E-state index contributed by atoms with van der Waals surface area (Å²) in [6, 6.07) is -1.19. The van der Waals surface area contributed by atoms with Crippen molar-refractivity contribution in [1.29, 1.82) is 0 Å². The van der Waals surface area contributed by atoms with Crippen LogP contribution in [0.4, 0.5) is 0 Å². The molecule has 0 aromatic heterocycles. The van der Waals surface area contributed by atoms with Gasteiger partial charge in [-0.15, -0.1) is 0 Å². The molecule has 1 aliphatic rings. The number of rotatable bonds is 59. The normalized spacial score (nSPS) is 19.5. The molecule has 0 bridgehead atoms. The molecule has 79 heavy (non-hydrogen) atoms. The summed E-state index contributed by atoms with van der Waals surface area (Å²) in [7, 11) is 0. The maximum absolute atomic E-state index is 13.2. The van der Waals surface area contributed by atoms with E-state index in [9.17, 15) is 40.5 Å². The number of unbranched alkanes of at least 4 members (excludes halogenated alkanes) is 41. The van der Waals surface area contributed by atoms with Crippen molar-refractivity contribution in [2.45, 2.75) is 377 Å². The molecular weight excluding hydrogens is 991 g/mol. The number of hydrogen-bond acceptors (Lipinski definition) is 10. The van der Waals surface area contributed by atoms with Crippen LogP contribution >= 0.6 is 0 Å². The van der Waals surface area contributed by atoms with E-state index in [1.807, 2.05) is 0 Å². The van der Waals surface area contributed by atoms with Crippen molar-refractivity contribution in [3.8, 4) is 0 Å². The third-order valence-electron chi connectivity index (χ3n) is 16.4. The fraction of sp³-hybridized carbons (Fsp3) is 0.897. The molecule has 0 aromatic rings. The Morgan fingerprint density at radius 2 is 0.759 bits per heavy atom. The predicted octanol–water partition coefficient (Wildman–Crippen LogP) is 15.8. The van der Waals surface area contributed by atoms with Crippen LogP contribution in [0, 0.1) is 0 Å². The minimum absolute atomic E-state index is 0.247. The van der Waals surface area contributed by atoms with Gasteiger partial charge in [0.05, 0.1) is 25.4 Å². The van der Waals surface area contributed by atoms with Crippen LogP contribution in [0.25, 0.3) is 0 Å². The monoisotopic (exact) mass is 1120 g/mol. The number of ether oxygens (including phenoxy) is 2. The fourth-order valence-electron chi connectivity index (χ4n) is 10.9. The summed E-state index contributed by atoms with van der Waals surface area (Å²) >= 11 is 0. The predicted molar refractivity (Wildman–Crippen MR) is 330 cm³/mol. The Bertz CT molecular complexity index is 1380. The van der Waals surface area contributed by atoms with Gasteiger partial charge in [-0.25, -0.2) is 0 Å². The molecule has 11 nitrogen and oxygen atoms in total. The van der Waals surface area contributed by atoms with Crippen LogP contribution < -0.4 is 5.32 Å². The third-order valence-corrected chi connectivity index (χ3v) is 16.4. The molecule has 1 fully saturated rings. The number of nitrogens with one attached hydrogen (secondary N) is 1. The van der Waals surface area contributed by atoms with E-state index in [4.69, 9.17) is 9.47 Å². The van der Waals surface area contributed by atoms with Gasteiger partial charge < -0.3 is 50.5 Å². The van der Waals surface area contributed by atoms with Gasteiger partial charge in [0.2, 0.25) is 5.91 Å². The first-order valence-electron chi connectivity index (χ1n) is 33.9. The maximum atomic E-state index is 13.2. The molecule has 1 saturated heterocycles. The van der Waals surface area contributed by atoms with E-state index in [1.165, 1.54) is 238 Å². The maximum Gasteiger partial charge on any atom is 0.249 e. The molecular formula is C68H129NO10. The Kier molecular flexibility index (Phi) is 54.2. The Morgan fingerprint density at radius 3 is 1.13 bits per heavy atom. The molecule has 0 spiro atoms. The van der Waals surface area contributed by atoms with Gasteiger partial charge in [-0.2, -0.15) is 0 Å². The van der Waals surface area contributed by atoms with E-state index in [2.05, 4.69) is 55.6 Å². The van der Waals surface area contributed by atoms with Crippen LogP contribution in [0.2, 0.25) is 0 Å². The van der Waals surface area contributed by atoms with E-state index in [1.54, 1.807) is 0 Å². The lowest BCUT2D eigenvalue weighted by Crippen LogP contribution is -2.60. The average molecular weight is 1120 g/mol. The van der Waals surface area contributed by atoms with Crippen molar-refractivity contribution in [2.24, 2.45) is 0 Å². The molecule has 0 aromatic carbocycles.